The predicted molar refractivity (Wildman–Crippen MR) is 100 cm³/mol. The zero-order valence-corrected chi connectivity index (χ0v) is 16.1. The molecule has 0 bridgehead atoms. The Morgan fingerprint density at radius 1 is 1.07 bits per heavy atom. The summed E-state index contributed by atoms with van der Waals surface area (Å²) in [6, 6.07) is 0. The number of carbonyl (C=O) groups is 1. The summed E-state index contributed by atoms with van der Waals surface area (Å²) in [6.07, 6.45) is -5.57. The normalized spacial score (nSPS) is 47.6. The molecule has 2 heterocycles. The van der Waals surface area contributed by atoms with Gasteiger partial charge in [-0.3, -0.25) is 0 Å². The van der Waals surface area contributed by atoms with E-state index in [0.717, 1.165) is 18.4 Å². The molecule has 2 saturated carbocycles. The van der Waals surface area contributed by atoms with Gasteiger partial charge in [-0.1, -0.05) is 25.3 Å². The van der Waals surface area contributed by atoms with E-state index < -0.39 is 43.4 Å². The number of aliphatic hydroxyl groups excluding tert-OH is 4. The molecule has 4 fully saturated rings. The van der Waals surface area contributed by atoms with Crippen LogP contribution in [0.4, 0.5) is 0 Å². The minimum atomic E-state index is -1.51. The summed E-state index contributed by atoms with van der Waals surface area (Å²) in [5.74, 6) is -0.631. The number of hydrogen-bond donors (Lipinski definition) is 4. The van der Waals surface area contributed by atoms with Gasteiger partial charge in [0.1, 0.15) is 30.5 Å². The number of aliphatic hydroxyl groups is 4. The highest BCUT2D eigenvalue weighted by molar-refractivity contribution is 5.91. The molecule has 0 aromatic rings. The molecule has 10 atom stereocenters. The van der Waals surface area contributed by atoms with Crippen LogP contribution in [0.15, 0.2) is 36.5 Å². The Morgan fingerprint density at radius 3 is 2.48 bits per heavy atom. The number of hydrogen-bond acceptors (Lipinski definition) is 8. The lowest BCUT2D eigenvalue weighted by atomic mass is 9.82. The molecule has 160 valence electrons. The zero-order valence-electron chi connectivity index (χ0n) is 16.1. The van der Waals surface area contributed by atoms with Crippen LogP contribution < -0.4 is 0 Å². The van der Waals surface area contributed by atoms with Gasteiger partial charge in [0.05, 0.1) is 12.7 Å². The first-order valence-electron chi connectivity index (χ1n) is 9.96. The van der Waals surface area contributed by atoms with Crippen LogP contribution in [-0.2, 0) is 19.0 Å². The first-order chi connectivity index (χ1) is 13.7. The lowest BCUT2D eigenvalue weighted by molar-refractivity contribution is -0.308. The van der Waals surface area contributed by atoms with Gasteiger partial charge >= 0.3 is 5.97 Å². The molecular formula is C21H28O8. The van der Waals surface area contributed by atoms with Gasteiger partial charge in [-0.05, 0) is 30.8 Å². The van der Waals surface area contributed by atoms with Crippen LogP contribution >= 0.6 is 0 Å². The van der Waals surface area contributed by atoms with Gasteiger partial charge in [0.2, 0.25) is 0 Å². The van der Waals surface area contributed by atoms with E-state index in [1.54, 1.807) is 0 Å². The molecule has 4 N–H and O–H groups in total. The third-order valence-electron chi connectivity index (χ3n) is 6.89. The van der Waals surface area contributed by atoms with Crippen molar-refractivity contribution in [1.82, 2.24) is 0 Å². The largest absolute Gasteiger partial charge is 0.458 e. The van der Waals surface area contributed by atoms with Crippen LogP contribution in [0.3, 0.4) is 0 Å². The lowest BCUT2D eigenvalue weighted by Crippen LogP contribution is -2.59. The Labute approximate surface area is 169 Å². The van der Waals surface area contributed by atoms with Gasteiger partial charge in [-0.2, -0.15) is 0 Å². The van der Waals surface area contributed by atoms with Crippen molar-refractivity contribution in [3.05, 3.63) is 36.5 Å². The first kappa shape index (κ1) is 20.7. The molecule has 2 aliphatic carbocycles. The first-order valence-corrected chi connectivity index (χ1v) is 9.96. The van der Waals surface area contributed by atoms with Crippen molar-refractivity contribution in [2.75, 3.05) is 6.61 Å². The molecule has 0 amide bonds. The third kappa shape index (κ3) is 3.28. The van der Waals surface area contributed by atoms with E-state index in [9.17, 15) is 25.2 Å². The van der Waals surface area contributed by atoms with E-state index in [1.807, 2.05) is 0 Å². The average Bonchev–Trinajstić information content (AvgIpc) is 3.11. The summed E-state index contributed by atoms with van der Waals surface area (Å²) in [5.41, 5.74) is 2.23. The second-order valence-electron chi connectivity index (χ2n) is 8.46. The SMILES string of the molecule is C=C1[C@@H]2[C@H]3OC(=O)C(=C)[C@@H]3CCC(=C)[C@@H]2C[C@H]1O[C@@H]1O[C@H](CO)[C@@H](O)[C@H](O)[C@H]1O. The Morgan fingerprint density at radius 2 is 1.79 bits per heavy atom. The van der Waals surface area contributed by atoms with E-state index >= 15 is 0 Å². The summed E-state index contributed by atoms with van der Waals surface area (Å²) in [5, 5.41) is 39.6. The number of rotatable bonds is 3. The molecule has 8 nitrogen and oxygen atoms in total. The molecule has 0 unspecified atom stereocenters. The highest BCUT2D eigenvalue weighted by Crippen LogP contribution is 2.53. The second kappa shape index (κ2) is 7.61. The molecule has 0 aromatic carbocycles. The lowest BCUT2D eigenvalue weighted by Gasteiger charge is -2.40. The summed E-state index contributed by atoms with van der Waals surface area (Å²) in [6.45, 7) is 11.8. The van der Waals surface area contributed by atoms with E-state index in [1.165, 1.54) is 0 Å². The Kier molecular flexibility index (Phi) is 5.43. The Hall–Kier alpha value is -1.55. The maximum Gasteiger partial charge on any atom is 0.334 e. The molecule has 0 spiro atoms. The Balaban J connectivity index is 1.54. The number of ether oxygens (including phenoxy) is 3. The van der Waals surface area contributed by atoms with Crippen LogP contribution in [0.5, 0.6) is 0 Å². The Bertz CT molecular complexity index is 730. The molecule has 0 aromatic heterocycles. The highest BCUT2D eigenvalue weighted by atomic mass is 16.7. The third-order valence-corrected chi connectivity index (χ3v) is 6.89. The minimum Gasteiger partial charge on any atom is -0.458 e. The maximum absolute atomic E-state index is 12.1. The van der Waals surface area contributed by atoms with E-state index in [2.05, 4.69) is 19.7 Å². The quantitative estimate of drug-likeness (QED) is 0.288. The molecule has 2 saturated heterocycles. The molecule has 29 heavy (non-hydrogen) atoms. The number of esters is 1. The van der Waals surface area contributed by atoms with Crippen molar-refractivity contribution in [1.29, 1.82) is 0 Å². The predicted octanol–water partition coefficient (Wildman–Crippen LogP) is -0.188. The second-order valence-corrected chi connectivity index (χ2v) is 8.46. The van der Waals surface area contributed by atoms with Crippen molar-refractivity contribution in [2.24, 2.45) is 17.8 Å². The zero-order chi connectivity index (χ0) is 21.0. The van der Waals surface area contributed by atoms with Gasteiger partial charge < -0.3 is 34.6 Å². The van der Waals surface area contributed by atoms with Crippen molar-refractivity contribution < 1.29 is 39.4 Å². The van der Waals surface area contributed by atoms with Crippen LogP contribution in [0, 0.1) is 17.8 Å². The number of fused-ring (bicyclic) bond motifs is 3. The van der Waals surface area contributed by atoms with E-state index in [4.69, 9.17) is 14.2 Å². The molecule has 8 heteroatoms. The summed E-state index contributed by atoms with van der Waals surface area (Å²) in [4.78, 5) is 12.1. The fraction of sp³-hybridized carbons (Fsp3) is 0.667. The van der Waals surface area contributed by atoms with Crippen LogP contribution in [-0.4, -0.2) is 75.9 Å². The maximum atomic E-state index is 12.1. The summed E-state index contributed by atoms with van der Waals surface area (Å²) < 4.78 is 17.1. The van der Waals surface area contributed by atoms with Gasteiger partial charge in [0.15, 0.2) is 6.29 Å². The minimum absolute atomic E-state index is 0.00564. The molecule has 4 rings (SSSR count). The fourth-order valence-corrected chi connectivity index (χ4v) is 5.17. The van der Waals surface area contributed by atoms with Gasteiger partial charge in [0.25, 0.3) is 0 Å². The fourth-order valence-electron chi connectivity index (χ4n) is 5.17. The van der Waals surface area contributed by atoms with Crippen LogP contribution in [0.2, 0.25) is 0 Å². The van der Waals surface area contributed by atoms with E-state index in [0.29, 0.717) is 17.6 Å². The molecular weight excluding hydrogens is 380 g/mol. The topological polar surface area (TPSA) is 126 Å². The van der Waals surface area contributed by atoms with Crippen molar-refractivity contribution >= 4 is 5.97 Å². The molecule has 4 aliphatic rings. The van der Waals surface area contributed by atoms with Gasteiger partial charge in [-0.25, -0.2) is 4.79 Å². The smallest absolute Gasteiger partial charge is 0.334 e. The summed E-state index contributed by atoms with van der Waals surface area (Å²) >= 11 is 0. The van der Waals surface area contributed by atoms with Gasteiger partial charge in [-0.15, -0.1) is 0 Å². The van der Waals surface area contributed by atoms with Crippen molar-refractivity contribution in [3.63, 3.8) is 0 Å². The van der Waals surface area contributed by atoms with Crippen LogP contribution in [0.1, 0.15) is 19.3 Å². The van der Waals surface area contributed by atoms with Gasteiger partial charge in [0, 0.05) is 17.4 Å². The highest BCUT2D eigenvalue weighted by Gasteiger charge is 2.54. The summed E-state index contributed by atoms with van der Waals surface area (Å²) in [7, 11) is 0. The molecule has 0 radical (unpaired) electrons. The molecule has 2 aliphatic heterocycles. The standard InChI is InChI=1S/C21H28O8/c1-8-4-5-11-9(2)20(26)29-19(11)15-10(3)13(6-12(8)15)27-21-18(25)17(24)16(23)14(7-22)28-21/h11-19,21-25H,1-7H2/t11-,12-,13+,14+,15-,16+,17-,18+,19-,21+/m0/s1. The van der Waals surface area contributed by atoms with Crippen molar-refractivity contribution in [2.45, 2.75) is 62.2 Å². The average molecular weight is 408 g/mol. The van der Waals surface area contributed by atoms with E-state index in [-0.39, 0.29) is 29.8 Å². The monoisotopic (exact) mass is 408 g/mol. The van der Waals surface area contributed by atoms with Crippen molar-refractivity contribution in [3.8, 4) is 0 Å². The number of carbonyl (C=O) groups excluding carboxylic acids is 1. The number of allylic oxidation sites excluding steroid dienone is 1. The van der Waals surface area contributed by atoms with Crippen LogP contribution in [0.25, 0.3) is 0 Å².